The van der Waals surface area contributed by atoms with Crippen molar-refractivity contribution >= 4 is 22.9 Å². The molecule has 4 nitrogen and oxygen atoms in total. The van der Waals surface area contributed by atoms with E-state index in [-0.39, 0.29) is 0 Å². The molecule has 0 unspecified atom stereocenters. The molecule has 0 N–H and O–H groups in total. The van der Waals surface area contributed by atoms with Gasteiger partial charge in [-0.1, -0.05) is 0 Å². The van der Waals surface area contributed by atoms with Crippen molar-refractivity contribution in [1.82, 2.24) is 12.9 Å². The minimum absolute atomic E-state index is 0.309. The molecule has 0 radical (unpaired) electrons. The van der Waals surface area contributed by atoms with Crippen LogP contribution in [-0.4, -0.2) is 64.8 Å². The van der Waals surface area contributed by atoms with Crippen LogP contribution in [0.4, 0.5) is 0 Å². The number of hydrogen-bond donors (Lipinski definition) is 0. The van der Waals surface area contributed by atoms with Crippen molar-refractivity contribution in [2.45, 2.75) is 45.2 Å². The van der Waals surface area contributed by atoms with Crippen LogP contribution in [0.2, 0.25) is 0 Å². The SMILES string of the molecule is COC1=CC=C(N(C)CCN(I)C2CN(C(C)(C)C)C2)CC1. The molecule has 1 heterocycles. The topological polar surface area (TPSA) is 19.0 Å². The largest absolute Gasteiger partial charge is 0.501 e. The van der Waals surface area contributed by atoms with Gasteiger partial charge >= 0.3 is 0 Å². The Morgan fingerprint density at radius 1 is 1.23 bits per heavy atom. The summed E-state index contributed by atoms with van der Waals surface area (Å²) in [5.74, 6) is 1.09. The number of ether oxygens (including phenoxy) is 1. The van der Waals surface area contributed by atoms with Gasteiger partial charge in [-0.2, -0.15) is 0 Å². The molecule has 126 valence electrons. The third-order valence-electron chi connectivity index (χ3n) is 4.70. The fourth-order valence-electron chi connectivity index (χ4n) is 2.85. The van der Waals surface area contributed by atoms with Crippen LogP contribution in [0.15, 0.2) is 23.6 Å². The average Bonchev–Trinajstić information content (AvgIpc) is 2.41. The summed E-state index contributed by atoms with van der Waals surface area (Å²) in [6, 6.07) is 0.702. The second kappa shape index (κ2) is 7.53. The standard InChI is InChI=1S/C17H30IN3O/c1-17(2,3)20-12-15(13-20)21(18)11-10-19(4)14-6-8-16(22-5)9-7-14/h6,8,15H,7,9-13H2,1-5H3. The van der Waals surface area contributed by atoms with E-state index in [4.69, 9.17) is 4.74 Å². The minimum atomic E-state index is 0.309. The third-order valence-corrected chi connectivity index (χ3v) is 5.97. The predicted molar refractivity (Wildman–Crippen MR) is 101 cm³/mol. The normalized spacial score (nSPS) is 20.5. The maximum atomic E-state index is 5.29. The number of likely N-dealkylation sites (N-methyl/N-ethyl adjacent to an activating group) is 1. The number of rotatable bonds is 6. The first-order valence-corrected chi connectivity index (χ1v) is 9.10. The van der Waals surface area contributed by atoms with Gasteiger partial charge in [0.1, 0.15) is 0 Å². The summed E-state index contributed by atoms with van der Waals surface area (Å²) in [5.41, 5.74) is 1.72. The highest BCUT2D eigenvalue weighted by molar-refractivity contribution is 14.1. The molecule has 0 saturated carbocycles. The van der Waals surface area contributed by atoms with Crippen LogP contribution >= 0.6 is 22.9 Å². The molecular weight excluding hydrogens is 389 g/mol. The molecule has 0 aromatic heterocycles. The molecule has 2 aliphatic rings. The molecular formula is C17H30IN3O. The van der Waals surface area contributed by atoms with E-state index < -0.39 is 0 Å². The maximum Gasteiger partial charge on any atom is 0.0959 e. The molecule has 0 spiro atoms. The van der Waals surface area contributed by atoms with Gasteiger partial charge in [-0.15, -0.1) is 0 Å². The van der Waals surface area contributed by atoms with Gasteiger partial charge in [-0.25, -0.2) is 3.11 Å². The van der Waals surface area contributed by atoms with Crippen LogP contribution < -0.4 is 0 Å². The first-order valence-electron chi connectivity index (χ1n) is 8.13. The Balaban J connectivity index is 1.72. The van der Waals surface area contributed by atoms with Crippen molar-refractivity contribution in [3.8, 4) is 0 Å². The zero-order valence-electron chi connectivity index (χ0n) is 14.6. The summed E-state index contributed by atoms with van der Waals surface area (Å²) in [6.07, 6.45) is 6.40. The maximum absolute atomic E-state index is 5.29. The fraction of sp³-hybridized carbons (Fsp3) is 0.765. The number of likely N-dealkylation sites (tertiary alicyclic amines) is 1. The molecule has 0 aromatic rings. The van der Waals surface area contributed by atoms with Crippen molar-refractivity contribution in [3.63, 3.8) is 0 Å². The lowest BCUT2D eigenvalue weighted by molar-refractivity contribution is 0.0137. The van der Waals surface area contributed by atoms with Gasteiger partial charge in [0.25, 0.3) is 0 Å². The van der Waals surface area contributed by atoms with Crippen LogP contribution in [0.5, 0.6) is 0 Å². The van der Waals surface area contributed by atoms with E-state index >= 15 is 0 Å². The summed E-state index contributed by atoms with van der Waals surface area (Å²) in [4.78, 5) is 4.93. The summed E-state index contributed by atoms with van der Waals surface area (Å²) < 4.78 is 7.77. The lowest BCUT2D eigenvalue weighted by Crippen LogP contribution is -2.63. The highest BCUT2D eigenvalue weighted by atomic mass is 127. The molecule has 1 fully saturated rings. The van der Waals surface area contributed by atoms with Crippen LogP contribution in [0.1, 0.15) is 33.6 Å². The Morgan fingerprint density at radius 2 is 1.91 bits per heavy atom. The number of hydrogen-bond acceptors (Lipinski definition) is 4. The van der Waals surface area contributed by atoms with E-state index in [1.54, 1.807) is 7.11 Å². The Labute approximate surface area is 149 Å². The van der Waals surface area contributed by atoms with E-state index in [0.717, 1.165) is 31.7 Å². The van der Waals surface area contributed by atoms with Gasteiger partial charge in [-0.05, 0) is 39.3 Å². The monoisotopic (exact) mass is 419 g/mol. The van der Waals surface area contributed by atoms with Crippen molar-refractivity contribution in [1.29, 1.82) is 0 Å². The van der Waals surface area contributed by atoms with Gasteiger partial charge in [0.05, 0.1) is 12.9 Å². The van der Waals surface area contributed by atoms with E-state index in [1.165, 1.54) is 18.8 Å². The Hall–Kier alpha value is -0.270. The summed E-state index contributed by atoms with van der Waals surface area (Å²) in [7, 11) is 3.95. The molecule has 22 heavy (non-hydrogen) atoms. The van der Waals surface area contributed by atoms with Crippen molar-refractivity contribution < 1.29 is 4.74 Å². The molecule has 0 amide bonds. The van der Waals surface area contributed by atoms with Crippen molar-refractivity contribution in [3.05, 3.63) is 23.6 Å². The lowest BCUT2D eigenvalue weighted by Gasteiger charge is -2.50. The number of allylic oxidation sites excluding steroid dienone is 4. The van der Waals surface area contributed by atoms with Crippen LogP contribution in [0.3, 0.4) is 0 Å². The molecule has 1 aliphatic heterocycles. The molecule has 0 aromatic carbocycles. The van der Waals surface area contributed by atoms with Crippen molar-refractivity contribution in [2.75, 3.05) is 40.3 Å². The molecule has 5 heteroatoms. The van der Waals surface area contributed by atoms with Gasteiger partial charge < -0.3 is 9.64 Å². The smallest absolute Gasteiger partial charge is 0.0959 e. The molecule has 2 rings (SSSR count). The fourth-order valence-corrected chi connectivity index (χ4v) is 3.42. The highest BCUT2D eigenvalue weighted by Gasteiger charge is 2.36. The van der Waals surface area contributed by atoms with Crippen LogP contribution in [0.25, 0.3) is 0 Å². The first kappa shape index (κ1) is 18.1. The quantitative estimate of drug-likeness (QED) is 0.486. The van der Waals surface area contributed by atoms with E-state index in [9.17, 15) is 0 Å². The molecule has 0 bridgehead atoms. The van der Waals surface area contributed by atoms with Gasteiger partial charge in [-0.3, -0.25) is 4.90 Å². The van der Waals surface area contributed by atoms with E-state index in [1.807, 2.05) is 0 Å². The second-order valence-electron chi connectivity index (χ2n) is 7.27. The van der Waals surface area contributed by atoms with Gasteiger partial charge in [0.15, 0.2) is 0 Å². The predicted octanol–water partition coefficient (Wildman–Crippen LogP) is 3.26. The Bertz CT molecular complexity index is 436. The highest BCUT2D eigenvalue weighted by Crippen LogP contribution is 2.26. The summed E-state index contributed by atoms with van der Waals surface area (Å²) >= 11 is 2.50. The Morgan fingerprint density at radius 3 is 2.41 bits per heavy atom. The zero-order chi connectivity index (χ0) is 16.3. The molecule has 0 atom stereocenters. The number of nitrogens with zero attached hydrogens (tertiary/aromatic N) is 3. The van der Waals surface area contributed by atoms with Crippen LogP contribution in [-0.2, 0) is 4.74 Å². The number of methoxy groups -OCH3 is 1. The average molecular weight is 419 g/mol. The first-order chi connectivity index (χ1) is 10.3. The van der Waals surface area contributed by atoms with E-state index in [0.29, 0.717) is 11.6 Å². The second-order valence-corrected chi connectivity index (χ2v) is 8.51. The van der Waals surface area contributed by atoms with E-state index in [2.05, 4.69) is 75.7 Å². The van der Waals surface area contributed by atoms with Crippen molar-refractivity contribution in [2.24, 2.45) is 0 Å². The zero-order valence-corrected chi connectivity index (χ0v) is 16.8. The number of halogens is 1. The third kappa shape index (κ3) is 4.61. The molecule has 1 saturated heterocycles. The molecule has 1 aliphatic carbocycles. The van der Waals surface area contributed by atoms with Crippen LogP contribution in [0, 0.1) is 0 Å². The minimum Gasteiger partial charge on any atom is -0.501 e. The van der Waals surface area contributed by atoms with Gasteiger partial charge in [0, 0.05) is 79.8 Å². The summed E-state index contributed by atoms with van der Waals surface area (Å²) in [6.45, 7) is 11.5. The van der Waals surface area contributed by atoms with Gasteiger partial charge in [0.2, 0.25) is 0 Å². The Kier molecular flexibility index (Phi) is 6.19. The summed E-state index contributed by atoms with van der Waals surface area (Å²) in [5, 5.41) is 0. The lowest BCUT2D eigenvalue weighted by atomic mass is 9.98.